The van der Waals surface area contributed by atoms with Gasteiger partial charge in [-0.05, 0) is 38.1 Å². The lowest BCUT2D eigenvalue weighted by molar-refractivity contribution is -0.136. The monoisotopic (exact) mass is 319 g/mol. The minimum absolute atomic E-state index is 0.169. The summed E-state index contributed by atoms with van der Waals surface area (Å²) < 4.78 is 10.4. The molecule has 7 heteroatoms. The fourth-order valence-corrected chi connectivity index (χ4v) is 3.00. The van der Waals surface area contributed by atoms with Gasteiger partial charge >= 0.3 is 11.8 Å². The Balaban J connectivity index is 1.50. The molecule has 1 aromatic rings. The molecule has 1 atom stereocenters. The van der Waals surface area contributed by atoms with Crippen molar-refractivity contribution in [3.05, 3.63) is 18.2 Å². The van der Waals surface area contributed by atoms with Gasteiger partial charge in [0, 0.05) is 24.3 Å². The lowest BCUT2D eigenvalue weighted by Gasteiger charge is -2.22. The number of amides is 2. The predicted molar refractivity (Wildman–Crippen MR) is 84.5 cm³/mol. The Morgan fingerprint density at radius 3 is 2.91 bits per heavy atom. The number of benzene rings is 1. The first-order valence-electron chi connectivity index (χ1n) is 7.90. The SMILES string of the molecule is CCN1CCC[C@@H]1CNC(=O)C(=O)Nc1ccc2c(c1)OCO2. The molecule has 1 saturated heterocycles. The van der Waals surface area contributed by atoms with Gasteiger partial charge in [0.15, 0.2) is 11.5 Å². The number of nitrogens with one attached hydrogen (secondary N) is 2. The van der Waals surface area contributed by atoms with Crippen molar-refractivity contribution in [2.45, 2.75) is 25.8 Å². The van der Waals surface area contributed by atoms with Gasteiger partial charge in [0.2, 0.25) is 6.79 Å². The van der Waals surface area contributed by atoms with Crippen LogP contribution in [0.15, 0.2) is 18.2 Å². The Bertz CT molecular complexity index is 605. The number of likely N-dealkylation sites (tertiary alicyclic amines) is 1. The first kappa shape index (κ1) is 15.6. The topological polar surface area (TPSA) is 79.9 Å². The molecule has 2 N–H and O–H groups in total. The number of hydrogen-bond donors (Lipinski definition) is 2. The van der Waals surface area contributed by atoms with Gasteiger partial charge in [-0.1, -0.05) is 6.92 Å². The highest BCUT2D eigenvalue weighted by molar-refractivity contribution is 6.39. The molecule has 2 heterocycles. The predicted octanol–water partition coefficient (Wildman–Crippen LogP) is 0.954. The molecule has 0 aromatic heterocycles. The minimum Gasteiger partial charge on any atom is -0.454 e. The number of carbonyl (C=O) groups is 2. The molecule has 3 rings (SSSR count). The zero-order valence-corrected chi connectivity index (χ0v) is 13.1. The molecule has 0 radical (unpaired) electrons. The summed E-state index contributed by atoms with van der Waals surface area (Å²) in [7, 11) is 0. The van der Waals surface area contributed by atoms with Gasteiger partial charge in [0.25, 0.3) is 0 Å². The summed E-state index contributed by atoms with van der Waals surface area (Å²) in [6.45, 7) is 4.79. The molecular weight excluding hydrogens is 298 g/mol. The second kappa shape index (κ2) is 6.87. The van der Waals surface area contributed by atoms with E-state index in [0.29, 0.717) is 29.8 Å². The third-order valence-corrected chi connectivity index (χ3v) is 4.24. The van der Waals surface area contributed by atoms with E-state index in [2.05, 4.69) is 22.5 Å². The summed E-state index contributed by atoms with van der Waals surface area (Å²) in [5.41, 5.74) is 0.505. The van der Waals surface area contributed by atoms with Crippen LogP contribution in [0.3, 0.4) is 0 Å². The van der Waals surface area contributed by atoms with E-state index in [1.165, 1.54) is 0 Å². The Kier molecular flexibility index (Phi) is 4.66. The standard InChI is InChI=1S/C16H21N3O4/c1-2-19-7-3-4-12(19)9-17-15(20)16(21)18-11-5-6-13-14(8-11)23-10-22-13/h5-6,8,12H,2-4,7,9-10H2,1H3,(H,17,20)(H,18,21)/t12-/m1/s1. The fraction of sp³-hybridized carbons (Fsp3) is 0.500. The fourth-order valence-electron chi connectivity index (χ4n) is 3.00. The van der Waals surface area contributed by atoms with Gasteiger partial charge in [-0.25, -0.2) is 0 Å². The van der Waals surface area contributed by atoms with Crippen LogP contribution in [-0.2, 0) is 9.59 Å². The van der Waals surface area contributed by atoms with Crippen molar-refractivity contribution in [2.75, 3.05) is 31.7 Å². The van der Waals surface area contributed by atoms with Gasteiger partial charge in [-0.3, -0.25) is 14.5 Å². The molecule has 0 unspecified atom stereocenters. The van der Waals surface area contributed by atoms with Crippen molar-refractivity contribution < 1.29 is 19.1 Å². The van der Waals surface area contributed by atoms with E-state index in [4.69, 9.17) is 9.47 Å². The Labute approximate surface area is 134 Å². The molecule has 2 aliphatic heterocycles. The average molecular weight is 319 g/mol. The summed E-state index contributed by atoms with van der Waals surface area (Å²) >= 11 is 0. The van der Waals surface area contributed by atoms with Crippen LogP contribution in [0.2, 0.25) is 0 Å². The first-order chi connectivity index (χ1) is 11.2. The third-order valence-electron chi connectivity index (χ3n) is 4.24. The van der Waals surface area contributed by atoms with Crippen LogP contribution in [0.1, 0.15) is 19.8 Å². The van der Waals surface area contributed by atoms with E-state index < -0.39 is 11.8 Å². The summed E-state index contributed by atoms with van der Waals surface area (Å²) in [4.78, 5) is 26.2. The van der Waals surface area contributed by atoms with E-state index in [0.717, 1.165) is 25.9 Å². The molecule has 124 valence electrons. The summed E-state index contributed by atoms with van der Waals surface area (Å²) in [5.74, 6) is -0.100. The van der Waals surface area contributed by atoms with Crippen LogP contribution in [0, 0.1) is 0 Å². The highest BCUT2D eigenvalue weighted by Crippen LogP contribution is 2.34. The highest BCUT2D eigenvalue weighted by Gasteiger charge is 2.24. The number of likely N-dealkylation sites (N-methyl/N-ethyl adjacent to an activating group) is 1. The summed E-state index contributed by atoms with van der Waals surface area (Å²) in [6, 6.07) is 5.34. The van der Waals surface area contributed by atoms with E-state index in [1.54, 1.807) is 18.2 Å². The normalized spacial score (nSPS) is 19.6. The number of ether oxygens (including phenoxy) is 2. The molecule has 2 amide bonds. The molecule has 23 heavy (non-hydrogen) atoms. The largest absolute Gasteiger partial charge is 0.454 e. The second-order valence-corrected chi connectivity index (χ2v) is 5.66. The van der Waals surface area contributed by atoms with Crippen molar-refractivity contribution in [3.63, 3.8) is 0 Å². The van der Waals surface area contributed by atoms with E-state index >= 15 is 0 Å². The first-order valence-corrected chi connectivity index (χ1v) is 7.90. The summed E-state index contributed by atoms with van der Waals surface area (Å²) in [5, 5.41) is 5.28. The van der Waals surface area contributed by atoms with Gasteiger partial charge in [0.1, 0.15) is 0 Å². The number of nitrogens with zero attached hydrogens (tertiary/aromatic N) is 1. The number of anilines is 1. The maximum Gasteiger partial charge on any atom is 0.313 e. The van der Waals surface area contributed by atoms with Gasteiger partial charge in [0.05, 0.1) is 0 Å². The quantitative estimate of drug-likeness (QED) is 0.808. The van der Waals surface area contributed by atoms with Gasteiger partial charge in [-0.15, -0.1) is 0 Å². The molecule has 1 aromatic carbocycles. The number of hydrogen-bond acceptors (Lipinski definition) is 5. The molecular formula is C16H21N3O4. The molecule has 0 saturated carbocycles. The molecule has 7 nitrogen and oxygen atoms in total. The summed E-state index contributed by atoms with van der Waals surface area (Å²) in [6.07, 6.45) is 2.19. The van der Waals surface area contributed by atoms with Crippen molar-refractivity contribution >= 4 is 17.5 Å². The second-order valence-electron chi connectivity index (χ2n) is 5.66. The van der Waals surface area contributed by atoms with Crippen molar-refractivity contribution in [2.24, 2.45) is 0 Å². The van der Waals surface area contributed by atoms with Crippen LogP contribution >= 0.6 is 0 Å². The highest BCUT2D eigenvalue weighted by atomic mass is 16.7. The number of carbonyl (C=O) groups excluding carboxylic acids is 2. The number of fused-ring (bicyclic) bond motifs is 1. The zero-order valence-electron chi connectivity index (χ0n) is 13.1. The minimum atomic E-state index is -0.676. The molecule has 0 aliphatic carbocycles. The Morgan fingerprint density at radius 1 is 1.26 bits per heavy atom. The zero-order chi connectivity index (χ0) is 16.2. The van der Waals surface area contributed by atoms with Crippen LogP contribution in [0.25, 0.3) is 0 Å². The average Bonchev–Trinajstić information content (AvgIpc) is 3.20. The Morgan fingerprint density at radius 2 is 2.09 bits per heavy atom. The van der Waals surface area contributed by atoms with Crippen molar-refractivity contribution in [1.29, 1.82) is 0 Å². The van der Waals surface area contributed by atoms with Crippen LogP contribution in [-0.4, -0.2) is 49.2 Å². The van der Waals surface area contributed by atoms with Crippen LogP contribution in [0.5, 0.6) is 11.5 Å². The van der Waals surface area contributed by atoms with E-state index in [9.17, 15) is 9.59 Å². The molecule has 2 aliphatic rings. The van der Waals surface area contributed by atoms with E-state index in [1.807, 2.05) is 0 Å². The molecule has 1 fully saturated rings. The molecule has 0 spiro atoms. The van der Waals surface area contributed by atoms with Crippen LogP contribution in [0.4, 0.5) is 5.69 Å². The maximum absolute atomic E-state index is 12.0. The number of rotatable bonds is 4. The third kappa shape index (κ3) is 3.56. The van der Waals surface area contributed by atoms with Crippen LogP contribution < -0.4 is 20.1 Å². The van der Waals surface area contributed by atoms with Gasteiger partial charge in [-0.2, -0.15) is 0 Å². The Hall–Kier alpha value is -2.28. The van der Waals surface area contributed by atoms with Crippen molar-refractivity contribution in [3.8, 4) is 11.5 Å². The lowest BCUT2D eigenvalue weighted by Crippen LogP contribution is -2.43. The van der Waals surface area contributed by atoms with Gasteiger partial charge < -0.3 is 20.1 Å². The maximum atomic E-state index is 12.0. The van der Waals surface area contributed by atoms with E-state index in [-0.39, 0.29) is 6.79 Å². The lowest BCUT2D eigenvalue weighted by atomic mass is 10.2. The molecule has 0 bridgehead atoms. The van der Waals surface area contributed by atoms with Crippen molar-refractivity contribution in [1.82, 2.24) is 10.2 Å². The smallest absolute Gasteiger partial charge is 0.313 e.